The Balaban J connectivity index is 2.15. The summed E-state index contributed by atoms with van der Waals surface area (Å²) in [6.45, 7) is 4.05. The fourth-order valence-electron chi connectivity index (χ4n) is 2.05. The average molecular weight is 315 g/mol. The van der Waals surface area contributed by atoms with Crippen molar-refractivity contribution in [3.8, 4) is 5.69 Å². The lowest BCUT2D eigenvalue weighted by Crippen LogP contribution is -2.36. The van der Waals surface area contributed by atoms with Crippen LogP contribution < -0.4 is 10.9 Å². The molecule has 0 aliphatic rings. The molecular weight excluding hydrogens is 294 g/mol. The molecule has 0 saturated heterocycles. The van der Waals surface area contributed by atoms with Gasteiger partial charge in [0.1, 0.15) is 5.69 Å². The van der Waals surface area contributed by atoms with Crippen molar-refractivity contribution < 1.29 is 9.90 Å². The van der Waals surface area contributed by atoms with Gasteiger partial charge < -0.3 is 10.4 Å². The zero-order valence-electron chi connectivity index (χ0n) is 13.3. The normalized spacial score (nSPS) is 13.3. The highest BCUT2D eigenvalue weighted by Gasteiger charge is 2.15. The smallest absolute Gasteiger partial charge is 0.271 e. The Kier molecular flexibility index (Phi) is 5.65. The van der Waals surface area contributed by atoms with E-state index < -0.39 is 12.0 Å². The number of benzene rings is 1. The van der Waals surface area contributed by atoms with E-state index in [0.717, 1.165) is 6.42 Å². The van der Waals surface area contributed by atoms with Crippen molar-refractivity contribution >= 4 is 5.91 Å². The molecule has 2 N–H and O–H groups in total. The first-order valence-corrected chi connectivity index (χ1v) is 7.65. The summed E-state index contributed by atoms with van der Waals surface area (Å²) >= 11 is 0. The maximum absolute atomic E-state index is 12.2. The lowest BCUT2D eigenvalue weighted by molar-refractivity contribution is 0.0844. The number of rotatable bonds is 6. The van der Waals surface area contributed by atoms with Gasteiger partial charge in [-0.05, 0) is 24.1 Å². The van der Waals surface area contributed by atoms with Crippen molar-refractivity contribution in [3.05, 3.63) is 58.5 Å². The van der Waals surface area contributed by atoms with Gasteiger partial charge in [0.2, 0.25) is 0 Å². The standard InChI is InChI=1S/C17H21N3O3/c1-3-12(2)15(21)11-18-17(23)14-9-10-16(22)20(19-14)13-7-5-4-6-8-13/h4-10,12,15,21H,3,11H2,1-2H3,(H,18,23). The molecule has 0 aliphatic carbocycles. The van der Waals surface area contributed by atoms with Gasteiger partial charge in [0.25, 0.3) is 11.5 Å². The van der Waals surface area contributed by atoms with Crippen molar-refractivity contribution in [2.75, 3.05) is 6.54 Å². The van der Waals surface area contributed by atoms with Gasteiger partial charge in [0.05, 0.1) is 11.8 Å². The van der Waals surface area contributed by atoms with Crippen LogP contribution in [0.3, 0.4) is 0 Å². The van der Waals surface area contributed by atoms with Crippen molar-refractivity contribution in [2.45, 2.75) is 26.4 Å². The van der Waals surface area contributed by atoms with Gasteiger partial charge in [-0.2, -0.15) is 9.78 Å². The first kappa shape index (κ1) is 16.9. The molecule has 1 aromatic carbocycles. The van der Waals surface area contributed by atoms with Gasteiger partial charge in [0, 0.05) is 12.6 Å². The Bertz CT molecular complexity index is 713. The van der Waals surface area contributed by atoms with E-state index in [1.54, 1.807) is 24.3 Å². The van der Waals surface area contributed by atoms with Crippen LogP contribution in [-0.2, 0) is 0 Å². The second-order valence-electron chi connectivity index (χ2n) is 5.47. The minimum absolute atomic E-state index is 0.0986. The highest BCUT2D eigenvalue weighted by Crippen LogP contribution is 2.06. The molecule has 0 saturated carbocycles. The first-order valence-electron chi connectivity index (χ1n) is 7.65. The number of carbonyl (C=O) groups excluding carboxylic acids is 1. The fourth-order valence-corrected chi connectivity index (χ4v) is 2.05. The lowest BCUT2D eigenvalue weighted by Gasteiger charge is -2.17. The number of hydrogen-bond acceptors (Lipinski definition) is 4. The average Bonchev–Trinajstić information content (AvgIpc) is 2.59. The van der Waals surface area contributed by atoms with Gasteiger partial charge in [-0.15, -0.1) is 0 Å². The third kappa shape index (κ3) is 4.26. The number of carbonyl (C=O) groups is 1. The second kappa shape index (κ2) is 7.69. The minimum atomic E-state index is -0.607. The van der Waals surface area contributed by atoms with E-state index in [-0.39, 0.29) is 23.7 Å². The van der Waals surface area contributed by atoms with Crippen LogP contribution in [-0.4, -0.2) is 33.4 Å². The van der Waals surface area contributed by atoms with Gasteiger partial charge in [-0.25, -0.2) is 0 Å². The molecular formula is C17H21N3O3. The Hall–Kier alpha value is -2.47. The van der Waals surface area contributed by atoms with E-state index in [1.807, 2.05) is 19.9 Å². The summed E-state index contributed by atoms with van der Waals surface area (Å²) in [7, 11) is 0. The lowest BCUT2D eigenvalue weighted by atomic mass is 10.0. The maximum atomic E-state index is 12.2. The van der Waals surface area contributed by atoms with Gasteiger partial charge in [-0.3, -0.25) is 9.59 Å². The van der Waals surface area contributed by atoms with Gasteiger partial charge in [0.15, 0.2) is 0 Å². The fraction of sp³-hybridized carbons (Fsp3) is 0.353. The predicted octanol–water partition coefficient (Wildman–Crippen LogP) is 1.37. The van der Waals surface area contributed by atoms with E-state index in [0.29, 0.717) is 5.69 Å². The number of amides is 1. The first-order chi connectivity index (χ1) is 11.0. The molecule has 2 atom stereocenters. The van der Waals surface area contributed by atoms with E-state index in [2.05, 4.69) is 10.4 Å². The van der Waals surface area contributed by atoms with Crippen molar-refractivity contribution in [1.29, 1.82) is 0 Å². The van der Waals surface area contributed by atoms with Crippen LogP contribution in [0, 0.1) is 5.92 Å². The summed E-state index contributed by atoms with van der Waals surface area (Å²) in [4.78, 5) is 24.1. The van der Waals surface area contributed by atoms with Gasteiger partial charge >= 0.3 is 0 Å². The molecule has 2 rings (SSSR count). The molecule has 23 heavy (non-hydrogen) atoms. The molecule has 122 valence electrons. The summed E-state index contributed by atoms with van der Waals surface area (Å²) < 4.78 is 1.18. The zero-order chi connectivity index (χ0) is 16.8. The highest BCUT2D eigenvalue weighted by molar-refractivity contribution is 5.92. The number of nitrogens with one attached hydrogen (secondary N) is 1. The third-order valence-corrected chi connectivity index (χ3v) is 3.81. The van der Waals surface area contributed by atoms with Gasteiger partial charge in [-0.1, -0.05) is 38.5 Å². The molecule has 6 nitrogen and oxygen atoms in total. The number of para-hydroxylation sites is 1. The molecule has 1 amide bonds. The summed E-state index contributed by atoms with van der Waals surface area (Å²) in [5, 5.41) is 16.6. The number of aromatic nitrogens is 2. The summed E-state index contributed by atoms with van der Waals surface area (Å²) in [5.74, 6) is -0.321. The number of nitrogens with zero attached hydrogens (tertiary/aromatic N) is 2. The molecule has 0 bridgehead atoms. The molecule has 2 unspecified atom stereocenters. The number of aliphatic hydroxyl groups excluding tert-OH is 1. The molecule has 2 aromatic rings. The Morgan fingerprint density at radius 2 is 1.96 bits per heavy atom. The van der Waals surface area contributed by atoms with Crippen LogP contribution in [0.25, 0.3) is 5.69 Å². The molecule has 0 fully saturated rings. The predicted molar refractivity (Wildman–Crippen MR) is 87.6 cm³/mol. The Morgan fingerprint density at radius 1 is 1.26 bits per heavy atom. The summed E-state index contributed by atoms with van der Waals surface area (Å²) in [6.07, 6.45) is 0.220. The molecule has 1 heterocycles. The van der Waals surface area contributed by atoms with Crippen molar-refractivity contribution in [2.24, 2.45) is 5.92 Å². The topological polar surface area (TPSA) is 84.2 Å². The second-order valence-corrected chi connectivity index (χ2v) is 5.47. The summed E-state index contributed by atoms with van der Waals surface area (Å²) in [5.41, 5.74) is 0.406. The summed E-state index contributed by atoms with van der Waals surface area (Å²) in [6, 6.07) is 11.6. The van der Waals surface area contributed by atoms with Crippen LogP contribution in [0.5, 0.6) is 0 Å². The Labute approximate surface area is 134 Å². The van der Waals surface area contributed by atoms with E-state index in [1.165, 1.54) is 16.8 Å². The highest BCUT2D eigenvalue weighted by atomic mass is 16.3. The maximum Gasteiger partial charge on any atom is 0.271 e. The number of hydrogen-bond donors (Lipinski definition) is 2. The van der Waals surface area contributed by atoms with E-state index in [9.17, 15) is 14.7 Å². The number of aliphatic hydroxyl groups is 1. The molecule has 0 radical (unpaired) electrons. The van der Waals surface area contributed by atoms with E-state index in [4.69, 9.17) is 0 Å². The minimum Gasteiger partial charge on any atom is -0.391 e. The van der Waals surface area contributed by atoms with Crippen LogP contribution in [0.15, 0.2) is 47.3 Å². The van der Waals surface area contributed by atoms with Crippen LogP contribution in [0.4, 0.5) is 0 Å². The van der Waals surface area contributed by atoms with Crippen molar-refractivity contribution in [1.82, 2.24) is 15.1 Å². The third-order valence-electron chi connectivity index (χ3n) is 3.81. The molecule has 0 spiro atoms. The SMILES string of the molecule is CCC(C)C(O)CNC(=O)c1ccc(=O)n(-c2ccccc2)n1. The molecule has 1 aromatic heterocycles. The molecule has 6 heteroatoms. The van der Waals surface area contributed by atoms with Crippen LogP contribution in [0.2, 0.25) is 0 Å². The molecule has 0 aliphatic heterocycles. The van der Waals surface area contributed by atoms with E-state index >= 15 is 0 Å². The largest absolute Gasteiger partial charge is 0.391 e. The quantitative estimate of drug-likeness (QED) is 0.843. The van der Waals surface area contributed by atoms with Crippen molar-refractivity contribution in [3.63, 3.8) is 0 Å². The van der Waals surface area contributed by atoms with Crippen LogP contribution in [0.1, 0.15) is 30.8 Å². The zero-order valence-corrected chi connectivity index (χ0v) is 13.3. The Morgan fingerprint density at radius 3 is 2.61 bits per heavy atom. The van der Waals surface area contributed by atoms with Crippen LogP contribution >= 0.6 is 0 Å². The monoisotopic (exact) mass is 315 g/mol.